The third-order valence-electron chi connectivity index (χ3n) is 7.69. The van der Waals surface area contributed by atoms with Crippen molar-refractivity contribution in [1.82, 2.24) is 0 Å². The molecule has 0 unspecified atom stereocenters. The standard InChI is InChI=1S/C32H29BO2/c1-31(2)32(3,4)35-33(34-31)28-13-8-12-25(21-28)23-10-7-11-24(19-23)26-17-18-30-27(20-26)16-15-22-9-5-6-14-29(22)30/h5-21H,1-4H3. The van der Waals surface area contributed by atoms with Gasteiger partial charge in [-0.25, -0.2) is 0 Å². The molecule has 0 radical (unpaired) electrons. The zero-order chi connectivity index (χ0) is 24.2. The third-order valence-corrected chi connectivity index (χ3v) is 7.69. The Morgan fingerprint density at radius 1 is 0.486 bits per heavy atom. The number of hydrogen-bond donors (Lipinski definition) is 0. The minimum atomic E-state index is -0.363. The molecule has 6 rings (SSSR count). The molecule has 2 nitrogen and oxygen atoms in total. The lowest BCUT2D eigenvalue weighted by molar-refractivity contribution is 0.00578. The van der Waals surface area contributed by atoms with Crippen molar-refractivity contribution in [3.8, 4) is 22.3 Å². The van der Waals surface area contributed by atoms with Gasteiger partial charge in [-0.2, -0.15) is 0 Å². The van der Waals surface area contributed by atoms with E-state index in [2.05, 4.69) is 131 Å². The molecule has 0 amide bonds. The maximum Gasteiger partial charge on any atom is 0.494 e. The lowest BCUT2D eigenvalue weighted by Crippen LogP contribution is -2.41. The van der Waals surface area contributed by atoms with E-state index >= 15 is 0 Å². The van der Waals surface area contributed by atoms with Gasteiger partial charge < -0.3 is 9.31 Å². The van der Waals surface area contributed by atoms with Crippen molar-refractivity contribution in [2.45, 2.75) is 38.9 Å². The van der Waals surface area contributed by atoms with Gasteiger partial charge in [-0.05, 0) is 89.1 Å². The van der Waals surface area contributed by atoms with Crippen LogP contribution < -0.4 is 5.46 Å². The van der Waals surface area contributed by atoms with E-state index in [1.807, 2.05) is 0 Å². The van der Waals surface area contributed by atoms with Crippen molar-refractivity contribution in [3.05, 3.63) is 103 Å². The summed E-state index contributed by atoms with van der Waals surface area (Å²) in [5.41, 5.74) is 5.11. The molecule has 0 saturated carbocycles. The van der Waals surface area contributed by atoms with Crippen LogP contribution in [0.4, 0.5) is 0 Å². The van der Waals surface area contributed by atoms with E-state index in [0.717, 1.165) is 11.0 Å². The number of fused-ring (bicyclic) bond motifs is 3. The largest absolute Gasteiger partial charge is 0.494 e. The first-order chi connectivity index (χ1) is 16.8. The SMILES string of the molecule is CC1(C)OB(c2cccc(-c3cccc(-c4ccc5c(ccc6ccccc65)c4)c3)c2)OC1(C)C. The Balaban J connectivity index is 1.35. The molecule has 0 N–H and O–H groups in total. The van der Waals surface area contributed by atoms with Crippen LogP contribution in [0.5, 0.6) is 0 Å². The summed E-state index contributed by atoms with van der Waals surface area (Å²) in [7, 11) is -0.363. The Bertz CT molecular complexity index is 1550. The average Bonchev–Trinajstić information content (AvgIpc) is 3.10. The summed E-state index contributed by atoms with van der Waals surface area (Å²) >= 11 is 0. The third kappa shape index (κ3) is 3.85. The Labute approximate surface area is 207 Å². The van der Waals surface area contributed by atoms with Crippen molar-refractivity contribution >= 4 is 34.1 Å². The first-order valence-electron chi connectivity index (χ1n) is 12.3. The number of hydrogen-bond acceptors (Lipinski definition) is 2. The van der Waals surface area contributed by atoms with Crippen molar-refractivity contribution in [3.63, 3.8) is 0 Å². The van der Waals surface area contributed by atoms with Gasteiger partial charge in [0.25, 0.3) is 0 Å². The van der Waals surface area contributed by atoms with Crippen LogP contribution >= 0.6 is 0 Å². The lowest BCUT2D eigenvalue weighted by atomic mass is 9.78. The quantitative estimate of drug-likeness (QED) is 0.205. The second kappa shape index (κ2) is 8.08. The molecule has 0 aliphatic carbocycles. The lowest BCUT2D eigenvalue weighted by Gasteiger charge is -2.32. The van der Waals surface area contributed by atoms with E-state index in [1.165, 1.54) is 38.2 Å². The molecule has 1 saturated heterocycles. The van der Waals surface area contributed by atoms with Crippen LogP contribution in [0.3, 0.4) is 0 Å². The van der Waals surface area contributed by atoms with Crippen LogP contribution in [-0.4, -0.2) is 18.3 Å². The fourth-order valence-electron chi connectivity index (χ4n) is 4.91. The van der Waals surface area contributed by atoms with Gasteiger partial charge in [0.15, 0.2) is 0 Å². The van der Waals surface area contributed by atoms with Crippen LogP contribution in [-0.2, 0) is 9.31 Å². The maximum absolute atomic E-state index is 6.28. The average molecular weight is 456 g/mol. The van der Waals surface area contributed by atoms with Crippen molar-refractivity contribution in [2.24, 2.45) is 0 Å². The second-order valence-electron chi connectivity index (χ2n) is 10.5. The van der Waals surface area contributed by atoms with Crippen LogP contribution in [0, 0.1) is 0 Å². The maximum atomic E-state index is 6.28. The molecule has 5 aromatic carbocycles. The van der Waals surface area contributed by atoms with Crippen molar-refractivity contribution < 1.29 is 9.31 Å². The summed E-state index contributed by atoms with van der Waals surface area (Å²) in [5.74, 6) is 0. The summed E-state index contributed by atoms with van der Waals surface area (Å²) in [6.07, 6.45) is 0. The van der Waals surface area contributed by atoms with Gasteiger partial charge in [-0.1, -0.05) is 91.0 Å². The molecule has 35 heavy (non-hydrogen) atoms. The highest BCUT2D eigenvalue weighted by atomic mass is 16.7. The highest BCUT2D eigenvalue weighted by Gasteiger charge is 2.51. The molecule has 0 aromatic heterocycles. The molecule has 1 aliphatic rings. The molecule has 1 aliphatic heterocycles. The van der Waals surface area contributed by atoms with Gasteiger partial charge in [0.05, 0.1) is 11.2 Å². The van der Waals surface area contributed by atoms with Gasteiger partial charge in [0, 0.05) is 0 Å². The molecular formula is C32H29BO2. The molecule has 172 valence electrons. The smallest absolute Gasteiger partial charge is 0.399 e. The fraction of sp³-hybridized carbons (Fsp3) is 0.188. The normalized spacial score (nSPS) is 16.7. The monoisotopic (exact) mass is 456 g/mol. The summed E-state index contributed by atoms with van der Waals surface area (Å²) in [5, 5.41) is 5.12. The molecular weight excluding hydrogens is 427 g/mol. The number of rotatable bonds is 3. The Morgan fingerprint density at radius 3 is 1.80 bits per heavy atom. The topological polar surface area (TPSA) is 18.5 Å². The van der Waals surface area contributed by atoms with E-state index in [0.29, 0.717) is 0 Å². The molecule has 0 spiro atoms. The summed E-state index contributed by atoms with van der Waals surface area (Å²) in [4.78, 5) is 0. The van der Waals surface area contributed by atoms with Gasteiger partial charge >= 0.3 is 7.12 Å². The highest BCUT2D eigenvalue weighted by molar-refractivity contribution is 6.62. The zero-order valence-corrected chi connectivity index (χ0v) is 20.7. The Hall–Kier alpha value is -3.40. The predicted octanol–water partition coefficient (Wildman–Crippen LogP) is 7.63. The van der Waals surface area contributed by atoms with Crippen LogP contribution in [0.2, 0.25) is 0 Å². The fourth-order valence-corrected chi connectivity index (χ4v) is 4.91. The minimum Gasteiger partial charge on any atom is -0.399 e. The van der Waals surface area contributed by atoms with Crippen LogP contribution in [0.15, 0.2) is 103 Å². The molecule has 5 aromatic rings. The predicted molar refractivity (Wildman–Crippen MR) is 148 cm³/mol. The van der Waals surface area contributed by atoms with Gasteiger partial charge in [-0.15, -0.1) is 0 Å². The molecule has 1 heterocycles. The Morgan fingerprint density at radius 2 is 1.06 bits per heavy atom. The van der Waals surface area contributed by atoms with E-state index in [4.69, 9.17) is 9.31 Å². The first kappa shape index (κ1) is 22.1. The van der Waals surface area contributed by atoms with Gasteiger partial charge in [0.2, 0.25) is 0 Å². The van der Waals surface area contributed by atoms with Crippen molar-refractivity contribution in [2.75, 3.05) is 0 Å². The van der Waals surface area contributed by atoms with Crippen LogP contribution in [0.25, 0.3) is 43.8 Å². The van der Waals surface area contributed by atoms with Gasteiger partial charge in [0.1, 0.15) is 0 Å². The van der Waals surface area contributed by atoms with Crippen LogP contribution in [0.1, 0.15) is 27.7 Å². The molecule has 0 atom stereocenters. The van der Waals surface area contributed by atoms with E-state index in [1.54, 1.807) is 0 Å². The molecule has 3 heteroatoms. The van der Waals surface area contributed by atoms with E-state index < -0.39 is 0 Å². The summed E-state index contributed by atoms with van der Waals surface area (Å²) < 4.78 is 12.6. The first-order valence-corrected chi connectivity index (χ1v) is 12.3. The zero-order valence-electron chi connectivity index (χ0n) is 20.7. The summed E-state index contributed by atoms with van der Waals surface area (Å²) in [6, 6.07) is 37.0. The second-order valence-corrected chi connectivity index (χ2v) is 10.5. The van der Waals surface area contributed by atoms with E-state index in [9.17, 15) is 0 Å². The highest BCUT2D eigenvalue weighted by Crippen LogP contribution is 2.37. The molecule has 1 fully saturated rings. The number of benzene rings is 5. The summed E-state index contributed by atoms with van der Waals surface area (Å²) in [6.45, 7) is 8.36. The van der Waals surface area contributed by atoms with E-state index in [-0.39, 0.29) is 18.3 Å². The Kier molecular flexibility index (Phi) is 5.10. The minimum absolute atomic E-state index is 0.352. The van der Waals surface area contributed by atoms with Gasteiger partial charge in [-0.3, -0.25) is 0 Å². The van der Waals surface area contributed by atoms with Crippen molar-refractivity contribution in [1.29, 1.82) is 0 Å². The molecule has 0 bridgehead atoms.